The highest BCUT2D eigenvalue weighted by atomic mass is 127. The van der Waals surface area contributed by atoms with Gasteiger partial charge in [-0.25, -0.2) is 9.79 Å². The zero-order valence-electron chi connectivity index (χ0n) is 26.8. The normalized spacial score (nSPS) is 14.5. The van der Waals surface area contributed by atoms with E-state index in [0.717, 1.165) is 18.3 Å². The van der Waals surface area contributed by atoms with Crippen LogP contribution in [0, 0.1) is 7.14 Å². The lowest BCUT2D eigenvalue weighted by Crippen LogP contribution is -2.40. The third-order valence-electron chi connectivity index (χ3n) is 7.23. The van der Waals surface area contributed by atoms with Crippen LogP contribution in [0.3, 0.4) is 0 Å². The number of esters is 1. The van der Waals surface area contributed by atoms with Crippen LogP contribution in [-0.2, 0) is 16.1 Å². The highest BCUT2D eigenvalue weighted by molar-refractivity contribution is 14.1. The van der Waals surface area contributed by atoms with Gasteiger partial charge in [-0.1, -0.05) is 29.5 Å². The van der Waals surface area contributed by atoms with Crippen molar-refractivity contribution in [1.82, 2.24) is 4.57 Å². The summed E-state index contributed by atoms with van der Waals surface area (Å²) < 4.78 is 32.8. The Morgan fingerprint density at radius 3 is 2.40 bits per heavy atom. The molecule has 1 aliphatic rings. The Morgan fingerprint density at radius 1 is 1.02 bits per heavy atom. The summed E-state index contributed by atoms with van der Waals surface area (Å²) in [6.45, 7) is 7.93. The number of carbonyl (C=O) groups is 1. The molecule has 0 spiro atoms. The van der Waals surface area contributed by atoms with Crippen LogP contribution in [0.1, 0.15) is 50.4 Å². The summed E-state index contributed by atoms with van der Waals surface area (Å²) in [5.41, 5.74) is 2.94. The zero-order chi connectivity index (χ0) is 33.8. The minimum Gasteiger partial charge on any atom is -0.493 e. The molecule has 0 saturated heterocycles. The van der Waals surface area contributed by atoms with Gasteiger partial charge in [0, 0.05) is 3.57 Å². The lowest BCUT2D eigenvalue weighted by Gasteiger charge is -2.25. The molecule has 2 heterocycles. The quantitative estimate of drug-likeness (QED) is 0.127. The van der Waals surface area contributed by atoms with E-state index < -0.39 is 12.0 Å². The summed E-state index contributed by atoms with van der Waals surface area (Å²) in [4.78, 5) is 32.7. The molecule has 12 heteroatoms. The molecule has 0 N–H and O–H groups in total. The molecule has 47 heavy (non-hydrogen) atoms. The number of hydrogen-bond donors (Lipinski definition) is 0. The lowest BCUT2D eigenvalue weighted by atomic mass is 9.95. The van der Waals surface area contributed by atoms with E-state index in [0.29, 0.717) is 50.2 Å². The van der Waals surface area contributed by atoms with Gasteiger partial charge in [-0.2, -0.15) is 0 Å². The molecule has 0 amide bonds. The molecule has 0 radical (unpaired) electrons. The van der Waals surface area contributed by atoms with Gasteiger partial charge in [-0.3, -0.25) is 9.36 Å². The van der Waals surface area contributed by atoms with Crippen molar-refractivity contribution in [3.05, 3.63) is 109 Å². The number of thiazole rings is 1. The van der Waals surface area contributed by atoms with E-state index in [1.807, 2.05) is 56.3 Å². The molecular weight excluding hydrogens is 846 g/mol. The SMILES string of the molecule is CCOC(=O)C1=C(C)N=c2s/c(=C\c3cc(I)c(OCc4ccc(I)cc4)c(OC)c3)c(=O)n2[C@H]1c1ccc(OC(C)C)c(OC)c1. The van der Waals surface area contributed by atoms with E-state index in [1.54, 1.807) is 50.8 Å². The predicted octanol–water partition coefficient (Wildman–Crippen LogP) is 6.39. The zero-order valence-corrected chi connectivity index (χ0v) is 31.9. The topological polar surface area (TPSA) is 97.6 Å². The number of rotatable bonds is 11. The maximum absolute atomic E-state index is 14.2. The monoisotopic (exact) mass is 880 g/mol. The molecular formula is C35H34I2N2O7S. The van der Waals surface area contributed by atoms with Crippen LogP contribution in [0.25, 0.3) is 6.08 Å². The molecule has 9 nitrogen and oxygen atoms in total. The van der Waals surface area contributed by atoms with Crippen molar-refractivity contribution in [2.75, 3.05) is 20.8 Å². The highest BCUT2D eigenvalue weighted by Gasteiger charge is 2.34. The minimum absolute atomic E-state index is 0.0695. The molecule has 5 rings (SSSR count). The molecule has 0 unspecified atom stereocenters. The number of nitrogens with zero attached hydrogens (tertiary/aromatic N) is 2. The molecule has 0 aliphatic carbocycles. The second-order valence-electron chi connectivity index (χ2n) is 10.8. The molecule has 3 aromatic carbocycles. The number of ether oxygens (including phenoxy) is 5. The van der Waals surface area contributed by atoms with Gasteiger partial charge >= 0.3 is 5.97 Å². The maximum atomic E-state index is 14.2. The first-order chi connectivity index (χ1) is 22.5. The van der Waals surface area contributed by atoms with E-state index in [2.05, 4.69) is 45.2 Å². The fourth-order valence-corrected chi connectivity index (χ4v) is 7.35. The van der Waals surface area contributed by atoms with Crippen molar-refractivity contribution in [3.8, 4) is 23.0 Å². The summed E-state index contributed by atoms with van der Waals surface area (Å²) in [6, 6.07) is 16.5. The number of hydrogen-bond acceptors (Lipinski definition) is 9. The third kappa shape index (κ3) is 7.70. The molecule has 1 atom stereocenters. The van der Waals surface area contributed by atoms with Crippen LogP contribution in [0.5, 0.6) is 23.0 Å². The number of benzene rings is 3. The van der Waals surface area contributed by atoms with Gasteiger partial charge in [0.1, 0.15) is 6.61 Å². The van der Waals surface area contributed by atoms with Crippen LogP contribution in [0.15, 0.2) is 75.7 Å². The van der Waals surface area contributed by atoms with Crippen LogP contribution in [0.4, 0.5) is 0 Å². The Balaban J connectivity index is 1.59. The van der Waals surface area contributed by atoms with E-state index in [9.17, 15) is 9.59 Å². The summed E-state index contributed by atoms with van der Waals surface area (Å²) >= 11 is 5.74. The van der Waals surface area contributed by atoms with Gasteiger partial charge in [0.05, 0.1) is 52.3 Å². The van der Waals surface area contributed by atoms with Gasteiger partial charge in [0.15, 0.2) is 27.8 Å². The number of halogens is 2. The smallest absolute Gasteiger partial charge is 0.338 e. The van der Waals surface area contributed by atoms with Crippen molar-refractivity contribution in [3.63, 3.8) is 0 Å². The van der Waals surface area contributed by atoms with E-state index >= 15 is 0 Å². The molecule has 1 aliphatic heterocycles. The number of aromatic nitrogens is 1. The third-order valence-corrected chi connectivity index (χ3v) is 9.73. The van der Waals surface area contributed by atoms with Crippen molar-refractivity contribution in [1.29, 1.82) is 0 Å². The first-order valence-corrected chi connectivity index (χ1v) is 17.8. The Hall–Kier alpha value is -3.37. The van der Waals surface area contributed by atoms with Crippen molar-refractivity contribution >= 4 is 68.6 Å². The molecule has 246 valence electrons. The highest BCUT2D eigenvalue weighted by Crippen LogP contribution is 2.37. The molecule has 4 aromatic rings. The molecule has 0 fully saturated rings. The second kappa shape index (κ2) is 15.2. The first-order valence-electron chi connectivity index (χ1n) is 14.8. The van der Waals surface area contributed by atoms with Crippen molar-refractivity contribution in [2.45, 2.75) is 46.4 Å². The standard InChI is InChI=1S/C35H34I2N2O7S/c1-7-44-34(41)30-20(4)38-35-39(31(30)23-10-13-26(46-19(2)3)27(17-23)42-5)33(40)29(47-35)16-22-14-25(37)32(28(15-22)43-6)45-18-21-8-11-24(36)12-9-21/h8-17,19,31H,7,18H2,1-6H3/b29-16-/t31-/m0/s1. The van der Waals surface area contributed by atoms with Gasteiger partial charge in [-0.05, 0) is 132 Å². The minimum atomic E-state index is -0.791. The summed E-state index contributed by atoms with van der Waals surface area (Å²) in [7, 11) is 3.14. The predicted molar refractivity (Wildman–Crippen MR) is 198 cm³/mol. The van der Waals surface area contributed by atoms with Gasteiger partial charge in [-0.15, -0.1) is 0 Å². The van der Waals surface area contributed by atoms with Crippen molar-refractivity contribution < 1.29 is 28.5 Å². The molecule has 0 bridgehead atoms. The average Bonchev–Trinajstić information content (AvgIpc) is 3.34. The summed E-state index contributed by atoms with van der Waals surface area (Å²) in [5, 5.41) is 0. The van der Waals surface area contributed by atoms with Crippen molar-refractivity contribution in [2.24, 2.45) is 4.99 Å². The van der Waals surface area contributed by atoms with Gasteiger partial charge < -0.3 is 23.7 Å². The van der Waals surface area contributed by atoms with E-state index in [-0.39, 0.29) is 23.8 Å². The molecule has 1 aromatic heterocycles. The largest absolute Gasteiger partial charge is 0.493 e. The molecule has 0 saturated carbocycles. The Labute approximate surface area is 304 Å². The number of allylic oxidation sites excluding steroid dienone is 1. The van der Waals surface area contributed by atoms with Gasteiger partial charge in [0.2, 0.25) is 0 Å². The fraction of sp³-hybridized carbons (Fsp3) is 0.286. The van der Waals surface area contributed by atoms with Crippen LogP contribution >= 0.6 is 56.5 Å². The van der Waals surface area contributed by atoms with Crippen LogP contribution in [0.2, 0.25) is 0 Å². The number of fused-ring (bicyclic) bond motifs is 1. The van der Waals surface area contributed by atoms with E-state index in [4.69, 9.17) is 28.7 Å². The fourth-order valence-electron chi connectivity index (χ4n) is 5.16. The Morgan fingerprint density at radius 2 is 1.74 bits per heavy atom. The van der Waals surface area contributed by atoms with Gasteiger partial charge in [0.25, 0.3) is 5.56 Å². The van der Waals surface area contributed by atoms with Crippen LogP contribution < -0.4 is 33.8 Å². The lowest BCUT2D eigenvalue weighted by molar-refractivity contribution is -0.139. The summed E-state index contributed by atoms with van der Waals surface area (Å²) in [5.74, 6) is 1.69. The Bertz CT molecular complexity index is 2020. The number of methoxy groups -OCH3 is 2. The number of carbonyl (C=O) groups excluding carboxylic acids is 1. The summed E-state index contributed by atoms with van der Waals surface area (Å²) in [6.07, 6.45) is 1.73. The van der Waals surface area contributed by atoms with E-state index in [1.165, 1.54) is 11.3 Å². The average molecular weight is 881 g/mol. The van der Waals surface area contributed by atoms with Crippen LogP contribution in [-0.4, -0.2) is 37.5 Å². The Kier molecular flexibility index (Phi) is 11.3. The second-order valence-corrected chi connectivity index (χ2v) is 14.2. The maximum Gasteiger partial charge on any atom is 0.338 e. The first kappa shape index (κ1) is 35.0.